The summed E-state index contributed by atoms with van der Waals surface area (Å²) in [5.74, 6) is 2.32. The van der Waals surface area contributed by atoms with Crippen molar-refractivity contribution in [3.8, 4) is 5.88 Å². The molecule has 1 aromatic heterocycles. The summed E-state index contributed by atoms with van der Waals surface area (Å²) in [6.07, 6.45) is 1.84. The van der Waals surface area contributed by atoms with Gasteiger partial charge in [0, 0.05) is 13.0 Å². The molecule has 0 amide bonds. The van der Waals surface area contributed by atoms with Crippen molar-refractivity contribution in [2.45, 2.75) is 60.0 Å². The fourth-order valence-electron chi connectivity index (χ4n) is 1.74. The molecule has 0 unspecified atom stereocenters. The first kappa shape index (κ1) is 17.7. The molecule has 0 fully saturated rings. The molecule has 5 heteroatoms. The first-order chi connectivity index (χ1) is 9.87. The van der Waals surface area contributed by atoms with E-state index in [4.69, 9.17) is 9.47 Å². The van der Waals surface area contributed by atoms with Gasteiger partial charge < -0.3 is 14.8 Å². The number of anilines is 1. The average Bonchev–Trinajstić information content (AvgIpc) is 2.42. The average molecular weight is 295 g/mol. The van der Waals surface area contributed by atoms with E-state index in [1.54, 1.807) is 0 Å². The summed E-state index contributed by atoms with van der Waals surface area (Å²) in [7, 11) is 0. The zero-order valence-electron chi connectivity index (χ0n) is 14.2. The maximum Gasteiger partial charge on any atom is 0.221 e. The van der Waals surface area contributed by atoms with Gasteiger partial charge in [0.2, 0.25) is 5.88 Å². The fraction of sp³-hybridized carbons (Fsp3) is 0.750. The number of hydrogen-bond acceptors (Lipinski definition) is 5. The van der Waals surface area contributed by atoms with Gasteiger partial charge in [0.05, 0.1) is 17.8 Å². The predicted octanol–water partition coefficient (Wildman–Crippen LogP) is 3.36. The van der Waals surface area contributed by atoms with Crippen molar-refractivity contribution in [2.75, 3.05) is 25.1 Å². The summed E-state index contributed by atoms with van der Waals surface area (Å²) in [6, 6.07) is 0. The van der Waals surface area contributed by atoms with Crippen LogP contribution in [-0.2, 0) is 11.2 Å². The number of rotatable bonds is 8. The molecule has 0 radical (unpaired) electrons. The topological polar surface area (TPSA) is 56.3 Å². The standard InChI is InChI=1S/C16H29N3O2/c1-7-9-17-14-12(3)15(19-13(8-2)18-14)20-10-11-21-16(4,5)6/h7-11H2,1-6H3,(H,17,18,19). The Morgan fingerprint density at radius 3 is 2.38 bits per heavy atom. The SMILES string of the molecule is CCCNc1nc(CC)nc(OCCOC(C)(C)C)c1C. The van der Waals surface area contributed by atoms with E-state index in [9.17, 15) is 0 Å². The molecular weight excluding hydrogens is 266 g/mol. The van der Waals surface area contributed by atoms with Gasteiger partial charge in [-0.25, -0.2) is 4.98 Å². The molecule has 0 saturated carbocycles. The number of aryl methyl sites for hydroxylation is 1. The van der Waals surface area contributed by atoms with Gasteiger partial charge in [0.1, 0.15) is 18.2 Å². The van der Waals surface area contributed by atoms with Crippen molar-refractivity contribution in [3.05, 3.63) is 11.4 Å². The molecule has 1 heterocycles. The zero-order chi connectivity index (χ0) is 15.9. The number of ether oxygens (including phenoxy) is 2. The molecule has 5 nitrogen and oxygen atoms in total. The summed E-state index contributed by atoms with van der Waals surface area (Å²) in [5, 5.41) is 3.33. The van der Waals surface area contributed by atoms with Crippen LogP contribution in [0.15, 0.2) is 0 Å². The van der Waals surface area contributed by atoms with Gasteiger partial charge in [-0.1, -0.05) is 13.8 Å². The fourth-order valence-corrected chi connectivity index (χ4v) is 1.74. The third kappa shape index (κ3) is 6.29. The molecule has 0 aliphatic carbocycles. The van der Waals surface area contributed by atoms with E-state index >= 15 is 0 Å². The summed E-state index contributed by atoms with van der Waals surface area (Å²) >= 11 is 0. The van der Waals surface area contributed by atoms with E-state index in [0.29, 0.717) is 19.1 Å². The molecule has 0 atom stereocenters. The van der Waals surface area contributed by atoms with Crippen LogP contribution in [0.1, 0.15) is 52.4 Å². The van der Waals surface area contributed by atoms with Crippen molar-refractivity contribution < 1.29 is 9.47 Å². The molecule has 120 valence electrons. The van der Waals surface area contributed by atoms with Crippen LogP contribution in [0.3, 0.4) is 0 Å². The van der Waals surface area contributed by atoms with Crippen LogP contribution in [0.25, 0.3) is 0 Å². The van der Waals surface area contributed by atoms with Crippen LogP contribution in [0.5, 0.6) is 5.88 Å². The third-order valence-corrected chi connectivity index (χ3v) is 2.86. The molecule has 0 saturated heterocycles. The van der Waals surface area contributed by atoms with Gasteiger partial charge in [-0.3, -0.25) is 0 Å². The summed E-state index contributed by atoms with van der Waals surface area (Å²) in [5.41, 5.74) is 0.809. The molecule has 1 N–H and O–H groups in total. The highest BCUT2D eigenvalue weighted by atomic mass is 16.5. The molecule has 1 rings (SSSR count). The summed E-state index contributed by atoms with van der Waals surface area (Å²) < 4.78 is 11.4. The Morgan fingerprint density at radius 1 is 1.10 bits per heavy atom. The van der Waals surface area contributed by atoms with E-state index in [-0.39, 0.29) is 5.60 Å². The van der Waals surface area contributed by atoms with Crippen molar-refractivity contribution in [1.82, 2.24) is 9.97 Å². The highest BCUT2D eigenvalue weighted by molar-refractivity contribution is 5.48. The molecule has 0 aliphatic heterocycles. The van der Waals surface area contributed by atoms with E-state index in [2.05, 4.69) is 22.2 Å². The number of aromatic nitrogens is 2. The normalized spacial score (nSPS) is 11.5. The third-order valence-electron chi connectivity index (χ3n) is 2.86. The van der Waals surface area contributed by atoms with Gasteiger partial charge in [0.25, 0.3) is 0 Å². The minimum Gasteiger partial charge on any atom is -0.475 e. The van der Waals surface area contributed by atoms with Crippen LogP contribution in [0.4, 0.5) is 5.82 Å². The van der Waals surface area contributed by atoms with Crippen molar-refractivity contribution in [1.29, 1.82) is 0 Å². The van der Waals surface area contributed by atoms with Gasteiger partial charge >= 0.3 is 0 Å². The van der Waals surface area contributed by atoms with E-state index in [1.807, 2.05) is 34.6 Å². The number of nitrogens with zero attached hydrogens (tertiary/aromatic N) is 2. The molecular formula is C16H29N3O2. The highest BCUT2D eigenvalue weighted by Crippen LogP contribution is 2.22. The Labute approximate surface area is 128 Å². The predicted molar refractivity (Wildman–Crippen MR) is 86.1 cm³/mol. The number of hydrogen-bond donors (Lipinski definition) is 1. The Morgan fingerprint density at radius 2 is 1.81 bits per heavy atom. The van der Waals surface area contributed by atoms with Crippen LogP contribution in [-0.4, -0.2) is 35.3 Å². The Hall–Kier alpha value is -1.36. The van der Waals surface area contributed by atoms with Gasteiger partial charge in [0.15, 0.2) is 0 Å². The first-order valence-corrected chi connectivity index (χ1v) is 7.75. The molecule has 21 heavy (non-hydrogen) atoms. The second kappa shape index (κ2) is 8.17. The molecule has 0 aliphatic rings. The van der Waals surface area contributed by atoms with E-state index < -0.39 is 0 Å². The lowest BCUT2D eigenvalue weighted by Crippen LogP contribution is -2.23. The van der Waals surface area contributed by atoms with Crippen molar-refractivity contribution >= 4 is 5.82 Å². The van der Waals surface area contributed by atoms with Crippen LogP contribution < -0.4 is 10.1 Å². The molecule has 0 spiro atoms. The minimum absolute atomic E-state index is 0.146. The zero-order valence-corrected chi connectivity index (χ0v) is 14.2. The monoisotopic (exact) mass is 295 g/mol. The van der Waals surface area contributed by atoms with E-state index in [1.165, 1.54) is 0 Å². The second-order valence-corrected chi connectivity index (χ2v) is 6.01. The maximum absolute atomic E-state index is 5.78. The van der Waals surface area contributed by atoms with Gasteiger partial charge in [-0.15, -0.1) is 0 Å². The first-order valence-electron chi connectivity index (χ1n) is 7.75. The minimum atomic E-state index is -0.146. The van der Waals surface area contributed by atoms with Crippen LogP contribution in [0, 0.1) is 6.92 Å². The number of nitrogens with one attached hydrogen (secondary N) is 1. The maximum atomic E-state index is 5.78. The largest absolute Gasteiger partial charge is 0.475 e. The smallest absolute Gasteiger partial charge is 0.221 e. The quantitative estimate of drug-likeness (QED) is 0.745. The lowest BCUT2D eigenvalue weighted by atomic mass is 10.2. The van der Waals surface area contributed by atoms with Crippen LogP contribution in [0.2, 0.25) is 0 Å². The van der Waals surface area contributed by atoms with E-state index in [0.717, 1.165) is 36.6 Å². The molecule has 0 bridgehead atoms. The summed E-state index contributed by atoms with van der Waals surface area (Å²) in [4.78, 5) is 8.99. The second-order valence-electron chi connectivity index (χ2n) is 6.01. The van der Waals surface area contributed by atoms with Crippen LogP contribution >= 0.6 is 0 Å². The molecule has 1 aromatic rings. The highest BCUT2D eigenvalue weighted by Gasteiger charge is 2.13. The van der Waals surface area contributed by atoms with Crippen molar-refractivity contribution in [2.24, 2.45) is 0 Å². The lowest BCUT2D eigenvalue weighted by Gasteiger charge is -2.20. The van der Waals surface area contributed by atoms with Gasteiger partial charge in [-0.2, -0.15) is 4.98 Å². The Kier molecular flexibility index (Phi) is 6.89. The van der Waals surface area contributed by atoms with Gasteiger partial charge in [-0.05, 0) is 34.1 Å². The summed E-state index contributed by atoms with van der Waals surface area (Å²) in [6.45, 7) is 14.2. The molecule has 0 aromatic carbocycles. The Balaban J connectivity index is 2.71. The van der Waals surface area contributed by atoms with Crippen molar-refractivity contribution in [3.63, 3.8) is 0 Å². The lowest BCUT2D eigenvalue weighted by molar-refractivity contribution is -0.0169. The Bertz CT molecular complexity index is 442.